The van der Waals surface area contributed by atoms with Crippen LogP contribution in [0.15, 0.2) is 29.6 Å². The first-order valence-electron chi connectivity index (χ1n) is 7.12. The summed E-state index contributed by atoms with van der Waals surface area (Å²) in [5, 5.41) is 3.26. The smallest absolute Gasteiger partial charge is 0.186 e. The Kier molecular flexibility index (Phi) is 4.03. The number of anilines is 1. The Morgan fingerprint density at radius 2 is 1.85 bits per heavy atom. The highest BCUT2D eigenvalue weighted by Crippen LogP contribution is 2.28. The molecule has 1 aliphatic heterocycles. The highest BCUT2D eigenvalue weighted by molar-refractivity contribution is 7.14. The number of morpholine rings is 1. The topological polar surface area (TPSA) is 25.4 Å². The largest absolute Gasteiger partial charge is 0.378 e. The van der Waals surface area contributed by atoms with Crippen molar-refractivity contribution in [1.82, 2.24) is 4.98 Å². The quantitative estimate of drug-likeness (QED) is 0.859. The molecule has 2 heterocycles. The molecule has 1 fully saturated rings. The number of ether oxygens (including phenoxy) is 1. The standard InChI is InChI=1S/C16H20N2OS/c1-12(2)13-3-5-14(6-4-13)15-11-20-16(17-15)18-7-9-19-10-8-18/h3-6,11-12H,7-10H2,1-2H3. The summed E-state index contributed by atoms with van der Waals surface area (Å²) in [4.78, 5) is 7.07. The fraction of sp³-hybridized carbons (Fsp3) is 0.438. The van der Waals surface area contributed by atoms with Crippen molar-refractivity contribution >= 4 is 16.5 Å². The molecule has 3 nitrogen and oxygen atoms in total. The van der Waals surface area contributed by atoms with E-state index in [0.29, 0.717) is 5.92 Å². The number of thiazole rings is 1. The van der Waals surface area contributed by atoms with Crippen LogP contribution >= 0.6 is 11.3 Å². The molecule has 2 aromatic rings. The molecule has 1 aliphatic rings. The molecule has 0 bridgehead atoms. The van der Waals surface area contributed by atoms with Crippen LogP contribution in [0, 0.1) is 0 Å². The Balaban J connectivity index is 1.78. The molecule has 0 amide bonds. The number of aromatic nitrogens is 1. The molecule has 0 radical (unpaired) electrons. The first kappa shape index (κ1) is 13.6. The van der Waals surface area contributed by atoms with E-state index in [1.165, 1.54) is 11.1 Å². The van der Waals surface area contributed by atoms with Crippen LogP contribution in [0.2, 0.25) is 0 Å². The van der Waals surface area contributed by atoms with E-state index < -0.39 is 0 Å². The van der Waals surface area contributed by atoms with Gasteiger partial charge in [-0.1, -0.05) is 38.1 Å². The lowest BCUT2D eigenvalue weighted by atomic mass is 10.0. The number of nitrogens with zero attached hydrogens (tertiary/aromatic N) is 2. The van der Waals surface area contributed by atoms with Crippen LogP contribution in [0.1, 0.15) is 25.3 Å². The molecule has 106 valence electrons. The van der Waals surface area contributed by atoms with Gasteiger partial charge in [0.05, 0.1) is 18.9 Å². The first-order chi connectivity index (χ1) is 9.74. The lowest BCUT2D eigenvalue weighted by molar-refractivity contribution is 0.122. The zero-order valence-electron chi connectivity index (χ0n) is 12.0. The lowest BCUT2D eigenvalue weighted by Gasteiger charge is -2.26. The van der Waals surface area contributed by atoms with E-state index in [2.05, 4.69) is 48.4 Å². The van der Waals surface area contributed by atoms with Crippen molar-refractivity contribution in [3.05, 3.63) is 35.2 Å². The summed E-state index contributed by atoms with van der Waals surface area (Å²) in [5.74, 6) is 0.573. The van der Waals surface area contributed by atoms with E-state index in [9.17, 15) is 0 Å². The number of hydrogen-bond donors (Lipinski definition) is 0. The normalized spacial score (nSPS) is 15.8. The Bertz CT molecular complexity index is 556. The van der Waals surface area contributed by atoms with Gasteiger partial charge in [-0.2, -0.15) is 0 Å². The second kappa shape index (κ2) is 5.94. The molecule has 3 rings (SSSR count). The van der Waals surface area contributed by atoms with Crippen LogP contribution in [0.4, 0.5) is 5.13 Å². The second-order valence-electron chi connectivity index (χ2n) is 5.39. The molecular formula is C16H20N2OS. The van der Waals surface area contributed by atoms with Crippen molar-refractivity contribution in [3.63, 3.8) is 0 Å². The van der Waals surface area contributed by atoms with Crippen molar-refractivity contribution in [2.24, 2.45) is 0 Å². The molecular weight excluding hydrogens is 268 g/mol. The molecule has 20 heavy (non-hydrogen) atoms. The Morgan fingerprint density at radius 3 is 2.50 bits per heavy atom. The lowest BCUT2D eigenvalue weighted by Crippen LogP contribution is -2.36. The second-order valence-corrected chi connectivity index (χ2v) is 6.23. The third-order valence-corrected chi connectivity index (χ3v) is 4.55. The highest BCUT2D eigenvalue weighted by atomic mass is 32.1. The van der Waals surface area contributed by atoms with Gasteiger partial charge in [-0.15, -0.1) is 11.3 Å². The van der Waals surface area contributed by atoms with Gasteiger partial charge in [-0.25, -0.2) is 4.98 Å². The van der Waals surface area contributed by atoms with Gasteiger partial charge in [0, 0.05) is 24.0 Å². The summed E-state index contributed by atoms with van der Waals surface area (Å²) in [6, 6.07) is 8.75. The monoisotopic (exact) mass is 288 g/mol. The van der Waals surface area contributed by atoms with Crippen LogP contribution in [0.3, 0.4) is 0 Å². The summed E-state index contributed by atoms with van der Waals surface area (Å²) in [6.45, 7) is 7.93. The molecule has 0 N–H and O–H groups in total. The summed E-state index contributed by atoms with van der Waals surface area (Å²) < 4.78 is 5.38. The van der Waals surface area contributed by atoms with Crippen LogP contribution in [-0.2, 0) is 4.74 Å². The summed E-state index contributed by atoms with van der Waals surface area (Å²) in [5.41, 5.74) is 3.65. The third-order valence-electron chi connectivity index (χ3n) is 3.65. The molecule has 1 aromatic heterocycles. The zero-order chi connectivity index (χ0) is 13.9. The predicted octanol–water partition coefficient (Wildman–Crippen LogP) is 3.77. The maximum absolute atomic E-state index is 5.38. The minimum atomic E-state index is 0.573. The molecule has 0 saturated carbocycles. The van der Waals surface area contributed by atoms with E-state index in [0.717, 1.165) is 37.1 Å². The Morgan fingerprint density at radius 1 is 1.15 bits per heavy atom. The minimum Gasteiger partial charge on any atom is -0.378 e. The van der Waals surface area contributed by atoms with Gasteiger partial charge in [0.15, 0.2) is 5.13 Å². The average Bonchev–Trinajstić information content (AvgIpc) is 2.98. The average molecular weight is 288 g/mol. The Labute approximate surface area is 124 Å². The molecule has 1 aromatic carbocycles. The van der Waals surface area contributed by atoms with E-state index in [1.54, 1.807) is 11.3 Å². The molecule has 0 unspecified atom stereocenters. The maximum Gasteiger partial charge on any atom is 0.186 e. The zero-order valence-corrected chi connectivity index (χ0v) is 12.8. The van der Waals surface area contributed by atoms with Crippen molar-refractivity contribution in [2.75, 3.05) is 31.2 Å². The SMILES string of the molecule is CC(C)c1ccc(-c2csc(N3CCOCC3)n2)cc1. The summed E-state index contributed by atoms with van der Waals surface area (Å²) in [6.07, 6.45) is 0. The molecule has 0 atom stereocenters. The summed E-state index contributed by atoms with van der Waals surface area (Å²) in [7, 11) is 0. The number of rotatable bonds is 3. The van der Waals surface area contributed by atoms with Gasteiger partial charge >= 0.3 is 0 Å². The van der Waals surface area contributed by atoms with Crippen molar-refractivity contribution in [1.29, 1.82) is 0 Å². The van der Waals surface area contributed by atoms with Crippen LogP contribution in [0.25, 0.3) is 11.3 Å². The Hall–Kier alpha value is -1.39. The van der Waals surface area contributed by atoms with Gasteiger partial charge < -0.3 is 9.64 Å². The van der Waals surface area contributed by atoms with Crippen LogP contribution < -0.4 is 4.90 Å². The molecule has 4 heteroatoms. The molecule has 1 saturated heterocycles. The first-order valence-corrected chi connectivity index (χ1v) is 8.00. The molecule has 0 spiro atoms. The van der Waals surface area contributed by atoms with Gasteiger partial charge in [-0.05, 0) is 11.5 Å². The number of benzene rings is 1. The van der Waals surface area contributed by atoms with Crippen molar-refractivity contribution in [3.8, 4) is 11.3 Å². The highest BCUT2D eigenvalue weighted by Gasteiger charge is 2.15. The van der Waals surface area contributed by atoms with Crippen molar-refractivity contribution < 1.29 is 4.74 Å². The van der Waals surface area contributed by atoms with Crippen molar-refractivity contribution in [2.45, 2.75) is 19.8 Å². The number of hydrogen-bond acceptors (Lipinski definition) is 4. The summed E-state index contributed by atoms with van der Waals surface area (Å²) >= 11 is 1.72. The van der Waals surface area contributed by atoms with Gasteiger partial charge in [0.1, 0.15) is 0 Å². The molecule has 0 aliphatic carbocycles. The minimum absolute atomic E-state index is 0.573. The third kappa shape index (κ3) is 2.86. The van der Waals surface area contributed by atoms with Gasteiger partial charge in [0.25, 0.3) is 0 Å². The van der Waals surface area contributed by atoms with E-state index in [1.807, 2.05) is 0 Å². The van der Waals surface area contributed by atoms with E-state index in [-0.39, 0.29) is 0 Å². The van der Waals surface area contributed by atoms with Gasteiger partial charge in [-0.3, -0.25) is 0 Å². The van der Waals surface area contributed by atoms with E-state index in [4.69, 9.17) is 9.72 Å². The maximum atomic E-state index is 5.38. The van der Waals surface area contributed by atoms with Crippen LogP contribution in [0.5, 0.6) is 0 Å². The van der Waals surface area contributed by atoms with Crippen LogP contribution in [-0.4, -0.2) is 31.3 Å². The predicted molar refractivity (Wildman–Crippen MR) is 84.7 cm³/mol. The van der Waals surface area contributed by atoms with Gasteiger partial charge in [0.2, 0.25) is 0 Å². The fourth-order valence-electron chi connectivity index (χ4n) is 2.34. The van der Waals surface area contributed by atoms with E-state index >= 15 is 0 Å². The fourth-order valence-corrected chi connectivity index (χ4v) is 3.22.